The molecule has 0 amide bonds. The van der Waals surface area contributed by atoms with Gasteiger partial charge in [-0.2, -0.15) is 18.4 Å². The molecule has 1 saturated carbocycles. The second kappa shape index (κ2) is 7.86. The number of aromatic nitrogens is 4. The average Bonchev–Trinajstić information content (AvgIpc) is 3.16. The molecule has 160 valence electrons. The molecular weight excluding hydrogens is 413 g/mol. The van der Waals surface area contributed by atoms with E-state index in [1.54, 1.807) is 0 Å². The number of anilines is 1. The van der Waals surface area contributed by atoms with Crippen molar-refractivity contribution >= 4 is 23.0 Å². The number of aliphatic carboxylic acids is 1. The Morgan fingerprint density at radius 3 is 2.81 bits per heavy atom. The van der Waals surface area contributed by atoms with Crippen LogP contribution >= 0.6 is 0 Å². The van der Waals surface area contributed by atoms with Crippen molar-refractivity contribution in [1.82, 2.24) is 19.9 Å². The van der Waals surface area contributed by atoms with E-state index >= 15 is 0 Å². The van der Waals surface area contributed by atoms with Crippen molar-refractivity contribution in [2.24, 2.45) is 5.92 Å². The Bertz CT molecular complexity index is 1180. The molecule has 3 heterocycles. The maximum Gasteiger partial charge on any atom is 0.417 e. The number of aromatic amines is 1. The molecule has 3 aromatic rings. The molecule has 0 bridgehead atoms. The first-order chi connectivity index (χ1) is 14.8. The van der Waals surface area contributed by atoms with Gasteiger partial charge in [-0.25, -0.2) is 15.0 Å². The van der Waals surface area contributed by atoms with E-state index < -0.39 is 23.6 Å². The minimum Gasteiger partial charge on any atom is -0.481 e. The monoisotopic (exact) mass is 430 g/mol. The molecule has 0 radical (unpaired) electrons. The Labute approximate surface area is 174 Å². The van der Waals surface area contributed by atoms with E-state index in [1.807, 2.05) is 6.07 Å². The van der Waals surface area contributed by atoms with E-state index in [-0.39, 0.29) is 34.3 Å². The highest BCUT2D eigenvalue weighted by molar-refractivity contribution is 5.94. The third kappa shape index (κ3) is 4.14. The lowest BCUT2D eigenvalue weighted by Gasteiger charge is -2.27. The zero-order valence-corrected chi connectivity index (χ0v) is 16.1. The molecule has 1 aliphatic carbocycles. The van der Waals surface area contributed by atoms with Crippen LogP contribution in [-0.2, 0) is 11.0 Å². The zero-order valence-electron chi connectivity index (χ0n) is 16.1. The highest BCUT2D eigenvalue weighted by atomic mass is 19.4. The maximum absolute atomic E-state index is 13.1. The molecule has 2 atom stereocenters. The Balaban J connectivity index is 1.70. The number of carboxylic acid groups (broad SMARTS) is 1. The summed E-state index contributed by atoms with van der Waals surface area (Å²) in [7, 11) is 0. The number of rotatable bonds is 4. The van der Waals surface area contributed by atoms with Gasteiger partial charge in [0, 0.05) is 29.4 Å². The lowest BCUT2D eigenvalue weighted by Crippen LogP contribution is -2.31. The number of hydrogen-bond donors (Lipinski definition) is 3. The summed E-state index contributed by atoms with van der Waals surface area (Å²) in [5.74, 6) is -1.12. The van der Waals surface area contributed by atoms with E-state index in [0.717, 1.165) is 25.1 Å². The number of nitrogens with zero attached hydrogens (tertiary/aromatic N) is 4. The van der Waals surface area contributed by atoms with Crippen LogP contribution in [0.2, 0.25) is 0 Å². The van der Waals surface area contributed by atoms with Crippen LogP contribution in [0.4, 0.5) is 19.1 Å². The third-order valence-corrected chi connectivity index (χ3v) is 5.38. The van der Waals surface area contributed by atoms with Gasteiger partial charge in [0.05, 0.1) is 28.9 Å². The Kier molecular flexibility index (Phi) is 5.22. The molecule has 11 heteroatoms. The molecule has 3 N–H and O–H groups in total. The fourth-order valence-corrected chi connectivity index (χ4v) is 3.82. The van der Waals surface area contributed by atoms with Crippen molar-refractivity contribution in [3.05, 3.63) is 35.8 Å². The number of carboxylic acids is 1. The minimum absolute atomic E-state index is 0.0934. The van der Waals surface area contributed by atoms with Crippen LogP contribution in [0.1, 0.15) is 36.8 Å². The number of alkyl halides is 3. The van der Waals surface area contributed by atoms with Crippen LogP contribution in [0, 0.1) is 17.2 Å². The largest absolute Gasteiger partial charge is 0.481 e. The van der Waals surface area contributed by atoms with Gasteiger partial charge < -0.3 is 15.4 Å². The molecule has 0 aromatic carbocycles. The van der Waals surface area contributed by atoms with E-state index in [4.69, 9.17) is 0 Å². The van der Waals surface area contributed by atoms with Gasteiger partial charge >= 0.3 is 12.1 Å². The predicted molar refractivity (Wildman–Crippen MR) is 104 cm³/mol. The lowest BCUT2D eigenvalue weighted by molar-refractivity contribution is -0.143. The maximum atomic E-state index is 13.1. The van der Waals surface area contributed by atoms with E-state index in [0.29, 0.717) is 18.4 Å². The van der Waals surface area contributed by atoms with Gasteiger partial charge in [0.15, 0.2) is 0 Å². The van der Waals surface area contributed by atoms with E-state index in [1.165, 1.54) is 12.4 Å². The fraction of sp³-hybridized carbons (Fsp3) is 0.350. The number of carbonyl (C=O) groups is 1. The summed E-state index contributed by atoms with van der Waals surface area (Å²) in [6.07, 6.45) is 1.43. The standard InChI is InChI=1S/C20H17F3N6O2/c21-20(22,23)12-5-14-15(9-26-17(14)25-8-12)16-11(6-24)7-27-19(29-16)28-13-3-1-2-10(4-13)18(30)31/h5,7-10,13H,1-4H2,(H,25,26)(H,30,31)(H,27,28,29). The summed E-state index contributed by atoms with van der Waals surface area (Å²) in [4.78, 5) is 26.4. The van der Waals surface area contributed by atoms with Crippen molar-refractivity contribution < 1.29 is 23.1 Å². The Morgan fingerprint density at radius 1 is 1.29 bits per heavy atom. The van der Waals surface area contributed by atoms with Gasteiger partial charge in [0.1, 0.15) is 11.7 Å². The SMILES string of the molecule is N#Cc1cnc(NC2CCCC(C(=O)O)C2)nc1-c1c[nH]c2ncc(C(F)(F)F)cc12. The van der Waals surface area contributed by atoms with E-state index in [2.05, 4.69) is 25.3 Å². The Hall–Kier alpha value is -3.68. The smallest absolute Gasteiger partial charge is 0.417 e. The summed E-state index contributed by atoms with van der Waals surface area (Å²) in [6.45, 7) is 0. The number of nitrogens with one attached hydrogen (secondary N) is 2. The number of nitriles is 1. The molecule has 1 aliphatic rings. The number of halogens is 3. The van der Waals surface area contributed by atoms with Crippen LogP contribution in [0.25, 0.3) is 22.3 Å². The second-order valence-corrected chi connectivity index (χ2v) is 7.43. The zero-order chi connectivity index (χ0) is 22.2. The molecule has 0 aliphatic heterocycles. The summed E-state index contributed by atoms with van der Waals surface area (Å²) in [6, 6.07) is 2.77. The van der Waals surface area contributed by atoms with Crippen LogP contribution in [-0.4, -0.2) is 37.1 Å². The van der Waals surface area contributed by atoms with Crippen LogP contribution in [0.3, 0.4) is 0 Å². The molecule has 8 nitrogen and oxygen atoms in total. The average molecular weight is 430 g/mol. The van der Waals surface area contributed by atoms with Gasteiger partial charge in [0.2, 0.25) is 5.95 Å². The molecular formula is C20H17F3N6O2. The van der Waals surface area contributed by atoms with Crippen LogP contribution < -0.4 is 5.32 Å². The number of hydrogen-bond acceptors (Lipinski definition) is 6. The van der Waals surface area contributed by atoms with Gasteiger partial charge in [-0.3, -0.25) is 4.79 Å². The normalized spacial score (nSPS) is 19.2. The molecule has 31 heavy (non-hydrogen) atoms. The number of H-pyrrole nitrogens is 1. The van der Waals surface area contributed by atoms with Gasteiger partial charge in [-0.15, -0.1) is 0 Å². The molecule has 1 fully saturated rings. The summed E-state index contributed by atoms with van der Waals surface area (Å²) >= 11 is 0. The second-order valence-electron chi connectivity index (χ2n) is 7.43. The first-order valence-electron chi connectivity index (χ1n) is 9.57. The van der Waals surface area contributed by atoms with Crippen molar-refractivity contribution in [2.75, 3.05) is 5.32 Å². The highest BCUT2D eigenvalue weighted by Crippen LogP contribution is 2.35. The summed E-state index contributed by atoms with van der Waals surface area (Å²) in [5.41, 5.74) is -0.123. The molecule has 0 spiro atoms. The lowest BCUT2D eigenvalue weighted by atomic mass is 9.86. The van der Waals surface area contributed by atoms with Gasteiger partial charge in [-0.05, 0) is 25.3 Å². The molecule has 0 saturated heterocycles. The van der Waals surface area contributed by atoms with Crippen molar-refractivity contribution in [1.29, 1.82) is 5.26 Å². The summed E-state index contributed by atoms with van der Waals surface area (Å²) < 4.78 is 39.4. The quantitative estimate of drug-likeness (QED) is 0.571. The van der Waals surface area contributed by atoms with Gasteiger partial charge in [-0.1, -0.05) is 6.42 Å². The molecule has 4 rings (SSSR count). The topological polar surface area (TPSA) is 128 Å². The van der Waals surface area contributed by atoms with Crippen LogP contribution in [0.5, 0.6) is 0 Å². The van der Waals surface area contributed by atoms with Crippen molar-refractivity contribution in [2.45, 2.75) is 37.9 Å². The van der Waals surface area contributed by atoms with Crippen molar-refractivity contribution in [3.8, 4) is 17.3 Å². The summed E-state index contributed by atoms with van der Waals surface area (Å²) in [5, 5.41) is 22.0. The van der Waals surface area contributed by atoms with Gasteiger partial charge in [0.25, 0.3) is 0 Å². The van der Waals surface area contributed by atoms with Crippen molar-refractivity contribution in [3.63, 3.8) is 0 Å². The first-order valence-corrected chi connectivity index (χ1v) is 9.57. The number of pyridine rings is 1. The fourth-order valence-electron chi connectivity index (χ4n) is 3.82. The Morgan fingerprint density at radius 2 is 2.10 bits per heavy atom. The molecule has 3 aromatic heterocycles. The van der Waals surface area contributed by atoms with Crippen LogP contribution in [0.15, 0.2) is 24.7 Å². The first kappa shape index (κ1) is 20.6. The number of fused-ring (bicyclic) bond motifs is 1. The third-order valence-electron chi connectivity index (χ3n) is 5.38. The van der Waals surface area contributed by atoms with E-state index in [9.17, 15) is 28.3 Å². The minimum atomic E-state index is -4.56. The predicted octanol–water partition coefficient (Wildman–Crippen LogP) is 3.97. The molecule has 2 unspecified atom stereocenters. The highest BCUT2D eigenvalue weighted by Gasteiger charge is 2.32.